The van der Waals surface area contributed by atoms with Gasteiger partial charge in [0.15, 0.2) is 6.61 Å². The molecule has 2 N–H and O–H groups in total. The number of aryl methyl sites for hydroxylation is 1. The Hall–Kier alpha value is -2.82. The van der Waals surface area contributed by atoms with Crippen molar-refractivity contribution in [3.8, 4) is 0 Å². The van der Waals surface area contributed by atoms with E-state index in [9.17, 15) is 9.59 Å². The molecule has 0 radical (unpaired) electrons. The smallest absolute Gasteiger partial charge is 0.338 e. The lowest BCUT2D eigenvalue weighted by atomic mass is 10.1. The van der Waals surface area contributed by atoms with Crippen LogP contribution in [0.1, 0.15) is 21.5 Å². The molecule has 0 spiro atoms. The van der Waals surface area contributed by atoms with E-state index in [0.29, 0.717) is 17.8 Å². The standard InChI is InChI=1S/C18H18N2O3/c1-12-6-7-14(10-15(12)19)18(22)23-11-17(21)20-9-8-13-4-2-3-5-16(13)20/h2-7,10H,8-9,11,19H2,1H3. The molecule has 0 saturated heterocycles. The summed E-state index contributed by atoms with van der Waals surface area (Å²) in [6, 6.07) is 12.7. The summed E-state index contributed by atoms with van der Waals surface area (Å²) in [5.74, 6) is -0.763. The van der Waals surface area contributed by atoms with Gasteiger partial charge in [0.25, 0.3) is 5.91 Å². The van der Waals surface area contributed by atoms with E-state index in [0.717, 1.165) is 23.2 Å². The summed E-state index contributed by atoms with van der Waals surface area (Å²) >= 11 is 0. The van der Waals surface area contributed by atoms with E-state index in [-0.39, 0.29) is 12.5 Å². The largest absolute Gasteiger partial charge is 0.452 e. The van der Waals surface area contributed by atoms with Crippen molar-refractivity contribution < 1.29 is 14.3 Å². The molecule has 5 heteroatoms. The van der Waals surface area contributed by atoms with Crippen molar-refractivity contribution in [2.45, 2.75) is 13.3 Å². The monoisotopic (exact) mass is 310 g/mol. The summed E-state index contributed by atoms with van der Waals surface area (Å²) in [5.41, 5.74) is 9.59. The summed E-state index contributed by atoms with van der Waals surface area (Å²) in [6.45, 7) is 2.20. The van der Waals surface area contributed by atoms with Gasteiger partial charge in [0.05, 0.1) is 5.56 Å². The number of carbonyl (C=O) groups excluding carboxylic acids is 2. The van der Waals surface area contributed by atoms with Gasteiger partial charge in [-0.05, 0) is 42.7 Å². The van der Waals surface area contributed by atoms with Crippen LogP contribution in [0.15, 0.2) is 42.5 Å². The summed E-state index contributed by atoms with van der Waals surface area (Å²) in [4.78, 5) is 26.0. The van der Waals surface area contributed by atoms with E-state index in [4.69, 9.17) is 10.5 Å². The van der Waals surface area contributed by atoms with Gasteiger partial charge in [-0.1, -0.05) is 24.3 Å². The fourth-order valence-corrected chi connectivity index (χ4v) is 2.65. The first-order valence-corrected chi connectivity index (χ1v) is 7.48. The molecular weight excluding hydrogens is 292 g/mol. The minimum Gasteiger partial charge on any atom is -0.452 e. The molecule has 0 aromatic heterocycles. The molecule has 0 bridgehead atoms. The number of para-hydroxylation sites is 1. The van der Waals surface area contributed by atoms with Gasteiger partial charge < -0.3 is 15.4 Å². The first kappa shape index (κ1) is 15.1. The van der Waals surface area contributed by atoms with Gasteiger partial charge in [-0.15, -0.1) is 0 Å². The van der Waals surface area contributed by atoms with E-state index in [1.165, 1.54) is 0 Å². The van der Waals surface area contributed by atoms with Crippen molar-refractivity contribution in [1.82, 2.24) is 0 Å². The summed E-state index contributed by atoms with van der Waals surface area (Å²) in [5, 5.41) is 0. The Kier molecular flexibility index (Phi) is 4.02. The fourth-order valence-electron chi connectivity index (χ4n) is 2.65. The highest BCUT2D eigenvalue weighted by molar-refractivity contribution is 5.98. The van der Waals surface area contributed by atoms with Crippen molar-refractivity contribution in [1.29, 1.82) is 0 Å². The van der Waals surface area contributed by atoms with Crippen LogP contribution < -0.4 is 10.6 Å². The maximum absolute atomic E-state index is 12.3. The number of nitrogens with zero attached hydrogens (tertiary/aromatic N) is 1. The number of rotatable bonds is 3. The average molecular weight is 310 g/mol. The molecule has 1 aliphatic rings. The Labute approximate surface area is 134 Å². The van der Waals surface area contributed by atoms with Crippen LogP contribution in [-0.2, 0) is 16.0 Å². The Morgan fingerprint density at radius 2 is 2.00 bits per heavy atom. The normalized spacial score (nSPS) is 12.8. The zero-order valence-corrected chi connectivity index (χ0v) is 12.9. The maximum atomic E-state index is 12.3. The van der Waals surface area contributed by atoms with Gasteiger partial charge in [-0.25, -0.2) is 4.79 Å². The van der Waals surface area contributed by atoms with Gasteiger partial charge in [0.2, 0.25) is 0 Å². The Bertz CT molecular complexity index is 771. The van der Waals surface area contributed by atoms with Crippen LogP contribution in [0.2, 0.25) is 0 Å². The van der Waals surface area contributed by atoms with Crippen molar-refractivity contribution in [2.24, 2.45) is 0 Å². The number of hydrogen-bond donors (Lipinski definition) is 1. The third kappa shape index (κ3) is 3.04. The molecule has 0 atom stereocenters. The molecule has 0 unspecified atom stereocenters. The average Bonchev–Trinajstić information content (AvgIpc) is 2.99. The van der Waals surface area contributed by atoms with Gasteiger partial charge >= 0.3 is 5.97 Å². The molecule has 118 valence electrons. The number of nitrogen functional groups attached to an aromatic ring is 1. The molecule has 1 heterocycles. The van der Waals surface area contributed by atoms with Crippen LogP contribution in [0.5, 0.6) is 0 Å². The van der Waals surface area contributed by atoms with Gasteiger partial charge in [0, 0.05) is 17.9 Å². The highest BCUT2D eigenvalue weighted by Crippen LogP contribution is 2.27. The number of fused-ring (bicyclic) bond motifs is 1. The second-order valence-electron chi connectivity index (χ2n) is 5.57. The molecule has 0 aliphatic carbocycles. The van der Waals surface area contributed by atoms with Crippen molar-refractivity contribution in [3.05, 3.63) is 59.2 Å². The molecule has 3 rings (SSSR count). The van der Waals surface area contributed by atoms with E-state index in [1.54, 1.807) is 23.1 Å². The third-order valence-electron chi connectivity index (χ3n) is 4.03. The van der Waals surface area contributed by atoms with E-state index < -0.39 is 5.97 Å². The maximum Gasteiger partial charge on any atom is 0.338 e. The number of anilines is 2. The number of benzene rings is 2. The zero-order chi connectivity index (χ0) is 16.4. The number of hydrogen-bond acceptors (Lipinski definition) is 4. The number of ether oxygens (including phenoxy) is 1. The first-order valence-electron chi connectivity index (χ1n) is 7.48. The summed E-state index contributed by atoms with van der Waals surface area (Å²) in [6.07, 6.45) is 0.824. The molecule has 0 saturated carbocycles. The fraction of sp³-hybridized carbons (Fsp3) is 0.222. The van der Waals surface area contributed by atoms with Crippen LogP contribution in [0.25, 0.3) is 0 Å². The van der Waals surface area contributed by atoms with Crippen LogP contribution in [0, 0.1) is 6.92 Å². The van der Waals surface area contributed by atoms with Crippen LogP contribution in [0.4, 0.5) is 11.4 Å². The second kappa shape index (κ2) is 6.12. The summed E-state index contributed by atoms with van der Waals surface area (Å²) in [7, 11) is 0. The van der Waals surface area contributed by atoms with E-state index in [1.807, 2.05) is 31.2 Å². The van der Waals surface area contributed by atoms with Crippen LogP contribution >= 0.6 is 0 Å². The number of nitrogens with two attached hydrogens (primary N) is 1. The molecule has 1 aliphatic heterocycles. The van der Waals surface area contributed by atoms with E-state index in [2.05, 4.69) is 0 Å². The highest BCUT2D eigenvalue weighted by Gasteiger charge is 2.25. The first-order chi connectivity index (χ1) is 11.1. The lowest BCUT2D eigenvalue weighted by Crippen LogP contribution is -2.33. The van der Waals surface area contributed by atoms with Gasteiger partial charge in [-0.3, -0.25) is 4.79 Å². The molecule has 23 heavy (non-hydrogen) atoms. The Balaban J connectivity index is 1.63. The third-order valence-corrected chi connectivity index (χ3v) is 4.03. The van der Waals surface area contributed by atoms with Crippen molar-refractivity contribution >= 4 is 23.3 Å². The summed E-state index contributed by atoms with van der Waals surface area (Å²) < 4.78 is 5.13. The molecule has 5 nitrogen and oxygen atoms in total. The minimum atomic E-state index is -0.544. The van der Waals surface area contributed by atoms with Gasteiger partial charge in [0.1, 0.15) is 0 Å². The predicted octanol–water partition coefficient (Wildman–Crippen LogP) is 2.32. The SMILES string of the molecule is Cc1ccc(C(=O)OCC(=O)N2CCc3ccccc32)cc1N. The molecule has 1 amide bonds. The predicted molar refractivity (Wildman–Crippen MR) is 88.4 cm³/mol. The van der Waals surface area contributed by atoms with Gasteiger partial charge in [-0.2, -0.15) is 0 Å². The lowest BCUT2D eigenvalue weighted by molar-refractivity contribution is -0.121. The van der Waals surface area contributed by atoms with Crippen molar-refractivity contribution in [3.63, 3.8) is 0 Å². The topological polar surface area (TPSA) is 72.6 Å². The number of amides is 1. The van der Waals surface area contributed by atoms with E-state index >= 15 is 0 Å². The molecule has 2 aromatic carbocycles. The van der Waals surface area contributed by atoms with Crippen LogP contribution in [0.3, 0.4) is 0 Å². The Morgan fingerprint density at radius 1 is 1.22 bits per heavy atom. The molecular formula is C18H18N2O3. The second-order valence-corrected chi connectivity index (χ2v) is 5.57. The molecule has 2 aromatic rings. The lowest BCUT2D eigenvalue weighted by Gasteiger charge is -2.17. The minimum absolute atomic E-state index is 0.219. The molecule has 0 fully saturated rings. The van der Waals surface area contributed by atoms with Crippen LogP contribution in [-0.4, -0.2) is 25.0 Å². The quantitative estimate of drug-likeness (QED) is 0.697. The van der Waals surface area contributed by atoms with Crippen molar-refractivity contribution in [2.75, 3.05) is 23.8 Å². The highest BCUT2D eigenvalue weighted by atomic mass is 16.5. The number of esters is 1. The number of carbonyl (C=O) groups is 2. The Morgan fingerprint density at radius 3 is 2.78 bits per heavy atom. The zero-order valence-electron chi connectivity index (χ0n) is 12.9.